The second-order valence-electron chi connectivity index (χ2n) is 11.9. The predicted octanol–water partition coefficient (Wildman–Crippen LogP) is 10.7. The van der Waals surface area contributed by atoms with Crippen molar-refractivity contribution in [3.8, 4) is 12.3 Å². The lowest BCUT2D eigenvalue weighted by molar-refractivity contribution is 0.942. The van der Waals surface area contributed by atoms with Gasteiger partial charge in [0, 0.05) is 34.2 Å². The van der Waals surface area contributed by atoms with E-state index in [4.69, 9.17) is 6.42 Å². The summed E-state index contributed by atoms with van der Waals surface area (Å²) in [5, 5.41) is 0. The van der Waals surface area contributed by atoms with E-state index in [1.807, 2.05) is 6.08 Å². The van der Waals surface area contributed by atoms with Crippen molar-refractivity contribution in [2.24, 2.45) is 11.8 Å². The number of terminal acetylenes is 1. The van der Waals surface area contributed by atoms with Gasteiger partial charge in [-0.2, -0.15) is 0 Å². The average Bonchev–Trinajstić information content (AvgIpc) is 3.85. The van der Waals surface area contributed by atoms with E-state index in [1.165, 1.54) is 51.3 Å². The normalized spacial score (nSPS) is 19.0. The Hall–Kier alpha value is -5.00. The largest absolute Gasteiger partial charge is 0.311 e. The van der Waals surface area contributed by atoms with E-state index >= 15 is 0 Å². The summed E-state index contributed by atoms with van der Waals surface area (Å²) in [5.41, 5.74) is 13.1. The Labute approximate surface area is 263 Å². The number of rotatable bonds is 8. The van der Waals surface area contributed by atoms with Gasteiger partial charge in [0.05, 0.1) is 0 Å². The van der Waals surface area contributed by atoms with Gasteiger partial charge in [-0.15, -0.1) is 6.42 Å². The molecule has 0 aliphatic heterocycles. The maximum absolute atomic E-state index is 5.59. The minimum absolute atomic E-state index is 0.679. The number of benzene rings is 3. The van der Waals surface area contributed by atoms with Crippen LogP contribution in [-0.2, 0) is 0 Å². The van der Waals surface area contributed by atoms with E-state index in [1.54, 1.807) is 6.08 Å². The van der Waals surface area contributed by atoms with Crippen molar-refractivity contribution in [2.45, 2.75) is 40.5 Å². The van der Waals surface area contributed by atoms with Crippen LogP contribution in [-0.4, -0.2) is 0 Å². The molecule has 2 atom stereocenters. The fourth-order valence-electron chi connectivity index (χ4n) is 6.15. The number of allylic oxidation sites excluding steroid dienone is 11. The van der Waals surface area contributed by atoms with Crippen molar-refractivity contribution in [3.05, 3.63) is 167 Å². The molecule has 6 rings (SSSR count). The number of aryl methyl sites for hydroxylation is 2. The fraction of sp³-hybridized carbons (Fsp3) is 0.190. The lowest BCUT2D eigenvalue weighted by atomic mass is 10.0. The first-order chi connectivity index (χ1) is 21.5. The average molecular weight is 573 g/mol. The lowest BCUT2D eigenvalue weighted by Crippen LogP contribution is -2.21. The third-order valence-corrected chi connectivity index (χ3v) is 8.84. The second kappa shape index (κ2) is 12.7. The highest BCUT2D eigenvalue weighted by Crippen LogP contribution is 2.46. The summed E-state index contributed by atoms with van der Waals surface area (Å²) in [7, 11) is 0. The van der Waals surface area contributed by atoms with Gasteiger partial charge in [-0.1, -0.05) is 78.8 Å². The first-order valence-corrected chi connectivity index (χ1v) is 15.6. The van der Waals surface area contributed by atoms with Crippen molar-refractivity contribution in [3.63, 3.8) is 0 Å². The summed E-state index contributed by atoms with van der Waals surface area (Å²) < 4.78 is 0. The molecular weight excluding hydrogens is 532 g/mol. The third kappa shape index (κ3) is 6.05. The Balaban J connectivity index is 1.30. The minimum Gasteiger partial charge on any atom is -0.311 e. The van der Waals surface area contributed by atoms with Gasteiger partial charge < -0.3 is 9.80 Å². The Morgan fingerprint density at radius 1 is 0.864 bits per heavy atom. The molecule has 2 nitrogen and oxygen atoms in total. The Bertz CT molecular complexity index is 1810. The van der Waals surface area contributed by atoms with Crippen molar-refractivity contribution in [1.29, 1.82) is 0 Å². The van der Waals surface area contributed by atoms with Crippen LogP contribution >= 0.6 is 0 Å². The molecule has 1 saturated carbocycles. The van der Waals surface area contributed by atoms with Crippen molar-refractivity contribution in [2.75, 3.05) is 9.80 Å². The van der Waals surface area contributed by atoms with Crippen LogP contribution < -0.4 is 9.80 Å². The molecule has 2 unspecified atom stereocenters. The molecule has 3 aliphatic carbocycles. The quantitative estimate of drug-likeness (QED) is 0.196. The van der Waals surface area contributed by atoms with Crippen molar-refractivity contribution < 1.29 is 0 Å². The SMILES string of the molecule is C#C/C=C\C(=C/C)N(c1ccc(C2=CCC=C(N(C3=CC4CC4C=C3)c3cccc(C)c3)C=C2)cc1)c1cccc(C)c1C. The third-order valence-electron chi connectivity index (χ3n) is 8.84. The van der Waals surface area contributed by atoms with Crippen LogP contribution in [0.4, 0.5) is 17.1 Å². The van der Waals surface area contributed by atoms with Gasteiger partial charge in [-0.05, 0) is 135 Å². The van der Waals surface area contributed by atoms with Crippen LogP contribution in [0.1, 0.15) is 42.0 Å². The molecule has 3 aromatic carbocycles. The molecule has 2 heteroatoms. The van der Waals surface area contributed by atoms with E-state index in [-0.39, 0.29) is 0 Å². The van der Waals surface area contributed by atoms with Gasteiger partial charge in [0.15, 0.2) is 0 Å². The fourth-order valence-corrected chi connectivity index (χ4v) is 6.15. The molecule has 0 radical (unpaired) electrons. The van der Waals surface area contributed by atoms with Gasteiger partial charge >= 0.3 is 0 Å². The van der Waals surface area contributed by atoms with E-state index in [0.717, 1.165) is 29.4 Å². The second-order valence-corrected chi connectivity index (χ2v) is 11.9. The summed E-state index contributed by atoms with van der Waals surface area (Å²) in [6, 6.07) is 24.1. The monoisotopic (exact) mass is 572 g/mol. The maximum atomic E-state index is 5.59. The number of anilines is 3. The minimum atomic E-state index is 0.679. The Morgan fingerprint density at radius 2 is 1.68 bits per heavy atom. The molecular formula is C42H40N2. The summed E-state index contributed by atoms with van der Waals surface area (Å²) >= 11 is 0. The summed E-state index contributed by atoms with van der Waals surface area (Å²) in [6.07, 6.45) is 29.9. The number of fused-ring (bicyclic) bond motifs is 1. The summed E-state index contributed by atoms with van der Waals surface area (Å²) in [6.45, 7) is 8.55. The molecule has 3 aliphatic rings. The van der Waals surface area contributed by atoms with Gasteiger partial charge in [0.2, 0.25) is 0 Å². The zero-order valence-corrected chi connectivity index (χ0v) is 26.2. The highest BCUT2D eigenvalue weighted by atomic mass is 15.2. The standard InChI is InChI=1S/C42H40N2/c1-6-8-15-37(7-2)44(42-18-10-13-31(4)32(42)5)39-24-20-34(21-25-39)33-14-11-16-38(23-19-33)43(40-17-9-12-30(3)27-40)41-26-22-35-28-36(35)29-41/h1,7-10,12-27,29,35-36H,11,28H2,2-5H3/b15-8-,37-7+. The molecule has 0 heterocycles. The molecule has 0 bridgehead atoms. The van der Waals surface area contributed by atoms with E-state index in [0.29, 0.717) is 5.92 Å². The van der Waals surface area contributed by atoms with E-state index in [9.17, 15) is 0 Å². The molecule has 0 spiro atoms. The Kier molecular flexibility index (Phi) is 8.40. The number of hydrogen-bond donors (Lipinski definition) is 0. The Morgan fingerprint density at radius 3 is 2.43 bits per heavy atom. The molecule has 0 aromatic heterocycles. The molecule has 44 heavy (non-hydrogen) atoms. The maximum Gasteiger partial charge on any atom is 0.0493 e. The molecule has 0 N–H and O–H groups in total. The molecule has 0 saturated heterocycles. The van der Waals surface area contributed by atoms with Crippen molar-refractivity contribution >= 4 is 22.6 Å². The topological polar surface area (TPSA) is 6.48 Å². The van der Waals surface area contributed by atoms with E-state index in [2.05, 4.69) is 159 Å². The van der Waals surface area contributed by atoms with Gasteiger partial charge in [-0.25, -0.2) is 0 Å². The van der Waals surface area contributed by atoms with Gasteiger partial charge in [-0.3, -0.25) is 0 Å². The van der Waals surface area contributed by atoms with Gasteiger partial charge in [0.1, 0.15) is 0 Å². The highest BCUT2D eigenvalue weighted by Gasteiger charge is 2.36. The molecule has 0 amide bonds. The van der Waals surface area contributed by atoms with Crippen LogP contribution in [0.25, 0.3) is 5.57 Å². The van der Waals surface area contributed by atoms with Crippen molar-refractivity contribution in [1.82, 2.24) is 0 Å². The van der Waals surface area contributed by atoms with E-state index < -0.39 is 0 Å². The van der Waals surface area contributed by atoms with Crippen LogP contribution in [0.2, 0.25) is 0 Å². The predicted molar refractivity (Wildman–Crippen MR) is 189 cm³/mol. The van der Waals surface area contributed by atoms with Crippen LogP contribution in [0.15, 0.2) is 145 Å². The number of hydrogen-bond acceptors (Lipinski definition) is 2. The molecule has 1 fully saturated rings. The first kappa shape index (κ1) is 29.1. The summed E-state index contributed by atoms with van der Waals surface area (Å²) in [5.74, 6) is 4.06. The zero-order chi connectivity index (χ0) is 30.6. The zero-order valence-electron chi connectivity index (χ0n) is 26.2. The molecule has 3 aromatic rings. The number of nitrogens with zero attached hydrogens (tertiary/aromatic N) is 2. The van der Waals surface area contributed by atoms with Crippen LogP contribution in [0, 0.1) is 45.0 Å². The van der Waals surface area contributed by atoms with Crippen LogP contribution in [0.5, 0.6) is 0 Å². The molecule has 218 valence electrons. The first-order valence-electron chi connectivity index (χ1n) is 15.6. The highest BCUT2D eigenvalue weighted by molar-refractivity contribution is 5.80. The smallest absolute Gasteiger partial charge is 0.0493 e. The van der Waals surface area contributed by atoms with Gasteiger partial charge in [0.25, 0.3) is 0 Å². The summed E-state index contributed by atoms with van der Waals surface area (Å²) in [4.78, 5) is 4.70. The lowest BCUT2D eigenvalue weighted by Gasteiger charge is -2.29. The van der Waals surface area contributed by atoms with Crippen LogP contribution in [0.3, 0.4) is 0 Å².